The maximum atomic E-state index is 12.9. The van der Waals surface area contributed by atoms with Crippen LogP contribution in [0.15, 0.2) is 73.2 Å². The van der Waals surface area contributed by atoms with Crippen LogP contribution in [-0.4, -0.2) is 21.7 Å². The highest BCUT2D eigenvalue weighted by atomic mass is 35.5. The Kier molecular flexibility index (Phi) is 5.16. The lowest BCUT2D eigenvalue weighted by atomic mass is 10.00. The highest BCUT2D eigenvalue weighted by molar-refractivity contribution is 6.30. The van der Waals surface area contributed by atoms with E-state index in [-0.39, 0.29) is 11.5 Å². The lowest BCUT2D eigenvalue weighted by molar-refractivity contribution is 0.0274. The second-order valence-corrected chi connectivity index (χ2v) is 5.59. The summed E-state index contributed by atoms with van der Waals surface area (Å²) >= 11 is 5.90. The Bertz CT molecular complexity index is 868. The van der Waals surface area contributed by atoms with Gasteiger partial charge in [0.2, 0.25) is 5.78 Å². The number of benzene rings is 2. The first-order chi connectivity index (χ1) is 12.1. The SMILES string of the molecule is O=C(O[C@H](C(=O)c1ccccc1)c1ccc(Cl)cc1)c1cnccn1. The highest BCUT2D eigenvalue weighted by Crippen LogP contribution is 2.25. The van der Waals surface area contributed by atoms with Gasteiger partial charge in [0.1, 0.15) is 0 Å². The van der Waals surface area contributed by atoms with E-state index in [1.165, 1.54) is 18.6 Å². The summed E-state index contributed by atoms with van der Waals surface area (Å²) < 4.78 is 5.44. The van der Waals surface area contributed by atoms with Crippen LogP contribution < -0.4 is 0 Å². The highest BCUT2D eigenvalue weighted by Gasteiger charge is 2.27. The Morgan fingerprint density at radius 3 is 2.32 bits per heavy atom. The summed E-state index contributed by atoms with van der Waals surface area (Å²) in [5, 5.41) is 0.523. The summed E-state index contributed by atoms with van der Waals surface area (Å²) in [6.45, 7) is 0. The molecule has 0 aliphatic heterocycles. The van der Waals surface area contributed by atoms with E-state index in [4.69, 9.17) is 16.3 Å². The minimum Gasteiger partial charge on any atom is -0.444 e. The minimum absolute atomic E-state index is 0.0299. The van der Waals surface area contributed by atoms with Gasteiger partial charge in [-0.25, -0.2) is 9.78 Å². The summed E-state index contributed by atoms with van der Waals surface area (Å²) in [5.74, 6) is -1.06. The summed E-state index contributed by atoms with van der Waals surface area (Å²) in [6, 6.07) is 15.2. The molecule has 1 heterocycles. The minimum atomic E-state index is -1.10. The zero-order valence-electron chi connectivity index (χ0n) is 13.0. The van der Waals surface area contributed by atoms with Crippen molar-refractivity contribution in [1.82, 2.24) is 9.97 Å². The fraction of sp³-hybridized carbons (Fsp3) is 0.0526. The van der Waals surface area contributed by atoms with E-state index in [0.29, 0.717) is 16.1 Å². The zero-order chi connectivity index (χ0) is 17.6. The van der Waals surface area contributed by atoms with E-state index in [1.54, 1.807) is 54.6 Å². The van der Waals surface area contributed by atoms with Crippen LogP contribution >= 0.6 is 11.6 Å². The molecule has 25 heavy (non-hydrogen) atoms. The normalized spacial score (nSPS) is 11.6. The van der Waals surface area contributed by atoms with Crippen LogP contribution in [0.4, 0.5) is 0 Å². The van der Waals surface area contributed by atoms with Crippen LogP contribution in [-0.2, 0) is 4.74 Å². The molecule has 0 N–H and O–H groups in total. The zero-order valence-corrected chi connectivity index (χ0v) is 13.8. The van der Waals surface area contributed by atoms with Gasteiger partial charge >= 0.3 is 5.97 Å². The smallest absolute Gasteiger partial charge is 0.359 e. The standard InChI is InChI=1S/C19H13ClN2O3/c20-15-8-6-14(7-9-15)18(17(23)13-4-2-1-3-5-13)25-19(24)16-12-21-10-11-22-16/h1-12,18H/t18-/m0/s1. The largest absolute Gasteiger partial charge is 0.444 e. The number of carbonyl (C=O) groups is 2. The number of halogens is 1. The first-order valence-corrected chi connectivity index (χ1v) is 7.84. The van der Waals surface area contributed by atoms with E-state index >= 15 is 0 Å². The summed E-state index contributed by atoms with van der Waals surface area (Å²) in [4.78, 5) is 32.9. The van der Waals surface area contributed by atoms with Crippen LogP contribution in [0.25, 0.3) is 0 Å². The maximum Gasteiger partial charge on any atom is 0.359 e. The number of Topliss-reactive ketones (excluding diaryl/α,β-unsaturated/α-hetero) is 1. The Labute approximate surface area is 149 Å². The number of nitrogens with zero attached hydrogens (tertiary/aromatic N) is 2. The molecule has 3 rings (SSSR count). The third kappa shape index (κ3) is 4.08. The van der Waals surface area contributed by atoms with Crippen molar-refractivity contribution < 1.29 is 14.3 Å². The van der Waals surface area contributed by atoms with E-state index in [2.05, 4.69) is 9.97 Å². The molecular formula is C19H13ClN2O3. The molecular weight excluding hydrogens is 340 g/mol. The van der Waals surface area contributed by atoms with Crippen molar-refractivity contribution in [1.29, 1.82) is 0 Å². The van der Waals surface area contributed by atoms with Crippen molar-refractivity contribution in [3.63, 3.8) is 0 Å². The number of hydrogen-bond donors (Lipinski definition) is 0. The second kappa shape index (κ2) is 7.68. The van der Waals surface area contributed by atoms with E-state index in [9.17, 15) is 9.59 Å². The molecule has 0 radical (unpaired) electrons. The predicted molar refractivity (Wildman–Crippen MR) is 92.4 cm³/mol. The molecule has 0 unspecified atom stereocenters. The number of hydrogen-bond acceptors (Lipinski definition) is 5. The fourth-order valence-corrected chi connectivity index (χ4v) is 2.36. The van der Waals surface area contributed by atoms with Crippen LogP contribution in [0.5, 0.6) is 0 Å². The topological polar surface area (TPSA) is 69.2 Å². The molecule has 3 aromatic rings. The molecule has 0 fully saturated rings. The first-order valence-electron chi connectivity index (χ1n) is 7.47. The van der Waals surface area contributed by atoms with Crippen molar-refractivity contribution in [2.75, 3.05) is 0 Å². The van der Waals surface area contributed by atoms with Gasteiger partial charge in [0.15, 0.2) is 11.8 Å². The van der Waals surface area contributed by atoms with Gasteiger partial charge < -0.3 is 4.74 Å². The van der Waals surface area contributed by atoms with Gasteiger partial charge in [-0.1, -0.05) is 54.1 Å². The van der Waals surface area contributed by atoms with E-state index < -0.39 is 12.1 Å². The lowest BCUT2D eigenvalue weighted by Gasteiger charge is -2.17. The van der Waals surface area contributed by atoms with E-state index in [1.807, 2.05) is 0 Å². The predicted octanol–water partition coefficient (Wildman–Crippen LogP) is 3.91. The number of ether oxygens (including phenoxy) is 1. The fourth-order valence-electron chi connectivity index (χ4n) is 2.24. The lowest BCUT2D eigenvalue weighted by Crippen LogP contribution is -2.21. The van der Waals surface area contributed by atoms with E-state index in [0.717, 1.165) is 0 Å². The molecule has 0 bridgehead atoms. The van der Waals surface area contributed by atoms with Gasteiger partial charge in [0.25, 0.3) is 0 Å². The molecule has 0 aliphatic rings. The molecule has 0 spiro atoms. The van der Waals surface area contributed by atoms with Gasteiger partial charge in [-0.15, -0.1) is 0 Å². The summed E-state index contributed by atoms with van der Waals surface area (Å²) in [6.07, 6.45) is 3.01. The molecule has 0 amide bonds. The number of rotatable bonds is 5. The quantitative estimate of drug-likeness (QED) is 0.514. The molecule has 2 aromatic carbocycles. The molecule has 5 nitrogen and oxygen atoms in total. The van der Waals surface area contributed by atoms with Crippen LogP contribution in [0.2, 0.25) is 5.02 Å². The Morgan fingerprint density at radius 2 is 1.68 bits per heavy atom. The third-order valence-corrected chi connectivity index (χ3v) is 3.72. The van der Waals surface area contributed by atoms with Gasteiger partial charge in [0, 0.05) is 28.5 Å². The average molecular weight is 353 g/mol. The molecule has 1 aromatic heterocycles. The van der Waals surface area contributed by atoms with Crippen LogP contribution in [0.1, 0.15) is 32.5 Å². The molecule has 124 valence electrons. The third-order valence-electron chi connectivity index (χ3n) is 3.47. The number of carbonyl (C=O) groups excluding carboxylic acids is 2. The van der Waals surface area contributed by atoms with Crippen LogP contribution in [0.3, 0.4) is 0 Å². The number of ketones is 1. The number of esters is 1. The molecule has 0 saturated carbocycles. The Morgan fingerprint density at radius 1 is 0.960 bits per heavy atom. The second-order valence-electron chi connectivity index (χ2n) is 5.16. The van der Waals surface area contributed by atoms with Gasteiger partial charge in [-0.3, -0.25) is 9.78 Å². The van der Waals surface area contributed by atoms with Gasteiger partial charge in [-0.2, -0.15) is 0 Å². The monoisotopic (exact) mass is 352 g/mol. The van der Waals surface area contributed by atoms with Gasteiger partial charge in [0.05, 0.1) is 6.20 Å². The van der Waals surface area contributed by atoms with Gasteiger partial charge in [-0.05, 0) is 12.1 Å². The molecule has 1 atom stereocenters. The van der Waals surface area contributed by atoms with Crippen molar-refractivity contribution in [2.45, 2.75) is 6.10 Å². The average Bonchev–Trinajstić information content (AvgIpc) is 2.67. The molecule has 0 aliphatic carbocycles. The maximum absolute atomic E-state index is 12.9. The molecule has 0 saturated heterocycles. The summed E-state index contributed by atoms with van der Waals surface area (Å²) in [5.41, 5.74) is 0.993. The summed E-state index contributed by atoms with van der Waals surface area (Å²) in [7, 11) is 0. The first kappa shape index (κ1) is 16.8. The molecule has 6 heteroatoms. The Hall–Kier alpha value is -3.05. The van der Waals surface area contributed by atoms with Crippen LogP contribution in [0, 0.1) is 0 Å². The Balaban J connectivity index is 1.93. The number of aromatic nitrogens is 2. The van der Waals surface area contributed by atoms with Crippen molar-refractivity contribution in [3.05, 3.63) is 95.0 Å². The van der Waals surface area contributed by atoms with Crippen molar-refractivity contribution in [3.8, 4) is 0 Å². The van der Waals surface area contributed by atoms with Crippen molar-refractivity contribution >= 4 is 23.4 Å². The van der Waals surface area contributed by atoms with Crippen molar-refractivity contribution in [2.24, 2.45) is 0 Å².